The van der Waals surface area contributed by atoms with Gasteiger partial charge < -0.3 is 14.4 Å². The summed E-state index contributed by atoms with van der Waals surface area (Å²) in [5.74, 6) is 0.779. The summed E-state index contributed by atoms with van der Waals surface area (Å²) in [6.45, 7) is 4.14. The highest BCUT2D eigenvalue weighted by atomic mass is 16.5. The molecule has 4 aromatic rings. The second kappa shape index (κ2) is 7.52. The van der Waals surface area contributed by atoms with Crippen LogP contribution in [0.15, 0.2) is 71.4 Å². The van der Waals surface area contributed by atoms with E-state index in [9.17, 15) is 4.79 Å². The summed E-state index contributed by atoms with van der Waals surface area (Å²) in [5.41, 5.74) is 4.58. The van der Waals surface area contributed by atoms with Crippen LogP contribution in [0.3, 0.4) is 0 Å². The van der Waals surface area contributed by atoms with E-state index in [-0.39, 0.29) is 12.5 Å². The zero-order chi connectivity index (χ0) is 19.5. The SMILES string of the molecule is Cc1ccc(-c2noc(-c3cccn3CC(=O)Nc3ccccc3C)n2)cc1. The lowest BCUT2D eigenvalue weighted by Gasteiger charge is -2.10. The van der Waals surface area contributed by atoms with Gasteiger partial charge in [0.15, 0.2) is 0 Å². The molecular weight excluding hydrogens is 352 g/mol. The molecule has 0 aliphatic carbocycles. The van der Waals surface area contributed by atoms with Crippen LogP contribution in [0.4, 0.5) is 5.69 Å². The quantitative estimate of drug-likeness (QED) is 0.561. The molecule has 1 amide bonds. The van der Waals surface area contributed by atoms with Gasteiger partial charge in [-0.2, -0.15) is 4.98 Å². The van der Waals surface area contributed by atoms with Crippen molar-refractivity contribution in [3.63, 3.8) is 0 Å². The van der Waals surface area contributed by atoms with Gasteiger partial charge in [-0.05, 0) is 37.6 Å². The molecule has 140 valence electrons. The number of nitrogens with zero attached hydrogens (tertiary/aromatic N) is 3. The number of hydrogen-bond acceptors (Lipinski definition) is 4. The molecule has 28 heavy (non-hydrogen) atoms. The molecule has 0 radical (unpaired) electrons. The van der Waals surface area contributed by atoms with E-state index in [0.717, 1.165) is 16.8 Å². The van der Waals surface area contributed by atoms with Crippen molar-refractivity contribution in [1.29, 1.82) is 0 Å². The highest BCUT2D eigenvalue weighted by Gasteiger charge is 2.15. The largest absolute Gasteiger partial charge is 0.334 e. The van der Waals surface area contributed by atoms with Crippen LogP contribution in [-0.4, -0.2) is 20.6 Å². The van der Waals surface area contributed by atoms with Gasteiger partial charge in [-0.15, -0.1) is 0 Å². The third kappa shape index (κ3) is 3.71. The lowest BCUT2D eigenvalue weighted by molar-refractivity contribution is -0.116. The Bertz CT molecular complexity index is 1110. The Morgan fingerprint density at radius 2 is 1.82 bits per heavy atom. The van der Waals surface area contributed by atoms with E-state index in [1.807, 2.05) is 80.7 Å². The lowest BCUT2D eigenvalue weighted by Crippen LogP contribution is -2.19. The number of aromatic nitrogens is 3. The number of benzene rings is 2. The highest BCUT2D eigenvalue weighted by Crippen LogP contribution is 2.23. The maximum absolute atomic E-state index is 12.5. The van der Waals surface area contributed by atoms with Crippen LogP contribution in [0.25, 0.3) is 23.0 Å². The average molecular weight is 372 g/mol. The van der Waals surface area contributed by atoms with Crippen molar-refractivity contribution < 1.29 is 9.32 Å². The van der Waals surface area contributed by atoms with E-state index in [2.05, 4.69) is 15.5 Å². The fourth-order valence-corrected chi connectivity index (χ4v) is 2.95. The number of anilines is 1. The van der Waals surface area contributed by atoms with Crippen LogP contribution >= 0.6 is 0 Å². The van der Waals surface area contributed by atoms with E-state index < -0.39 is 0 Å². The molecular formula is C22H20N4O2. The van der Waals surface area contributed by atoms with Crippen LogP contribution in [-0.2, 0) is 11.3 Å². The first-order chi connectivity index (χ1) is 13.6. The third-order valence-corrected chi connectivity index (χ3v) is 4.52. The standard InChI is InChI=1S/C22H20N4O2/c1-15-9-11-17(12-10-15)21-24-22(28-25-21)19-8-5-13-26(19)14-20(27)23-18-7-4-3-6-16(18)2/h3-13H,14H2,1-2H3,(H,23,27). The van der Waals surface area contributed by atoms with Gasteiger partial charge in [0, 0.05) is 17.4 Å². The molecule has 0 saturated heterocycles. The zero-order valence-corrected chi connectivity index (χ0v) is 15.7. The molecule has 0 spiro atoms. The molecule has 0 bridgehead atoms. The third-order valence-electron chi connectivity index (χ3n) is 4.52. The van der Waals surface area contributed by atoms with Crippen LogP contribution in [0, 0.1) is 13.8 Å². The molecule has 6 nitrogen and oxygen atoms in total. The monoisotopic (exact) mass is 372 g/mol. The van der Waals surface area contributed by atoms with E-state index in [1.54, 1.807) is 4.57 Å². The minimum atomic E-state index is -0.120. The molecule has 2 aromatic heterocycles. The highest BCUT2D eigenvalue weighted by molar-refractivity contribution is 5.91. The second-order valence-corrected chi connectivity index (χ2v) is 6.67. The minimum absolute atomic E-state index is 0.120. The van der Waals surface area contributed by atoms with Crippen molar-refractivity contribution in [3.8, 4) is 23.0 Å². The van der Waals surface area contributed by atoms with Crippen LogP contribution in [0.2, 0.25) is 0 Å². The Labute approximate surface area is 162 Å². The van der Waals surface area contributed by atoms with Crippen LogP contribution in [0.5, 0.6) is 0 Å². The number of amides is 1. The Morgan fingerprint density at radius 1 is 1.04 bits per heavy atom. The van der Waals surface area contributed by atoms with Crippen molar-refractivity contribution in [2.75, 3.05) is 5.32 Å². The summed E-state index contributed by atoms with van der Waals surface area (Å²) < 4.78 is 7.23. The first-order valence-electron chi connectivity index (χ1n) is 9.02. The Hall–Kier alpha value is -3.67. The first-order valence-corrected chi connectivity index (χ1v) is 9.02. The number of aryl methyl sites for hydroxylation is 2. The number of rotatable bonds is 5. The fourth-order valence-electron chi connectivity index (χ4n) is 2.95. The number of carbonyl (C=O) groups excluding carboxylic acids is 1. The van der Waals surface area contributed by atoms with Gasteiger partial charge in [0.25, 0.3) is 5.89 Å². The fraction of sp³-hybridized carbons (Fsp3) is 0.136. The van der Waals surface area contributed by atoms with Crippen LogP contribution < -0.4 is 5.32 Å². The summed E-state index contributed by atoms with van der Waals surface area (Å²) in [7, 11) is 0. The maximum atomic E-state index is 12.5. The molecule has 4 rings (SSSR count). The maximum Gasteiger partial charge on any atom is 0.274 e. The van der Waals surface area contributed by atoms with Crippen molar-refractivity contribution in [1.82, 2.24) is 14.7 Å². The van der Waals surface area contributed by atoms with E-state index in [0.29, 0.717) is 17.4 Å². The van der Waals surface area contributed by atoms with Crippen molar-refractivity contribution in [2.24, 2.45) is 0 Å². The number of nitrogens with one attached hydrogen (secondary N) is 1. The molecule has 0 saturated carbocycles. The molecule has 0 fully saturated rings. The molecule has 0 atom stereocenters. The number of carbonyl (C=O) groups is 1. The Morgan fingerprint density at radius 3 is 2.61 bits per heavy atom. The van der Waals surface area contributed by atoms with Gasteiger partial charge in [0.05, 0.1) is 0 Å². The van der Waals surface area contributed by atoms with Gasteiger partial charge in [0.1, 0.15) is 12.2 Å². The van der Waals surface area contributed by atoms with Gasteiger partial charge >= 0.3 is 0 Å². The van der Waals surface area contributed by atoms with Crippen LogP contribution in [0.1, 0.15) is 11.1 Å². The first kappa shape index (κ1) is 17.7. The summed E-state index contributed by atoms with van der Waals surface area (Å²) in [6, 6.07) is 19.3. The van der Waals surface area contributed by atoms with Gasteiger partial charge in [-0.25, -0.2) is 0 Å². The molecule has 0 aliphatic heterocycles. The number of hydrogen-bond donors (Lipinski definition) is 1. The predicted octanol–water partition coefficient (Wildman–Crippen LogP) is 4.46. The van der Waals surface area contributed by atoms with E-state index in [4.69, 9.17) is 4.52 Å². The van der Waals surface area contributed by atoms with E-state index in [1.165, 1.54) is 5.56 Å². The summed E-state index contributed by atoms with van der Waals surface area (Å²) >= 11 is 0. The van der Waals surface area contributed by atoms with Gasteiger partial charge in [0.2, 0.25) is 11.7 Å². The number of para-hydroxylation sites is 1. The predicted molar refractivity (Wildman–Crippen MR) is 108 cm³/mol. The molecule has 6 heteroatoms. The zero-order valence-electron chi connectivity index (χ0n) is 15.7. The topological polar surface area (TPSA) is 73.0 Å². The summed E-state index contributed by atoms with van der Waals surface area (Å²) in [6.07, 6.45) is 1.82. The normalized spacial score (nSPS) is 10.8. The smallest absolute Gasteiger partial charge is 0.274 e. The van der Waals surface area contributed by atoms with Gasteiger partial charge in [-0.3, -0.25) is 4.79 Å². The molecule has 2 heterocycles. The molecule has 0 unspecified atom stereocenters. The van der Waals surface area contributed by atoms with Crippen molar-refractivity contribution in [3.05, 3.63) is 78.0 Å². The van der Waals surface area contributed by atoms with Crippen molar-refractivity contribution in [2.45, 2.75) is 20.4 Å². The summed E-state index contributed by atoms with van der Waals surface area (Å²) in [4.78, 5) is 17.0. The lowest BCUT2D eigenvalue weighted by atomic mass is 10.1. The summed E-state index contributed by atoms with van der Waals surface area (Å²) in [5, 5.41) is 7.01. The molecule has 0 aliphatic rings. The molecule has 2 aromatic carbocycles. The Balaban J connectivity index is 1.52. The molecule has 1 N–H and O–H groups in total. The minimum Gasteiger partial charge on any atom is -0.334 e. The van der Waals surface area contributed by atoms with Gasteiger partial charge in [-0.1, -0.05) is 53.2 Å². The Kier molecular flexibility index (Phi) is 4.76. The average Bonchev–Trinajstić information content (AvgIpc) is 3.33. The van der Waals surface area contributed by atoms with E-state index >= 15 is 0 Å². The second-order valence-electron chi connectivity index (χ2n) is 6.67. The van der Waals surface area contributed by atoms with Crippen molar-refractivity contribution >= 4 is 11.6 Å².